The summed E-state index contributed by atoms with van der Waals surface area (Å²) < 4.78 is 5.23. The van der Waals surface area contributed by atoms with Crippen molar-refractivity contribution in [3.05, 3.63) is 12.2 Å². The van der Waals surface area contributed by atoms with Crippen LogP contribution in [0.1, 0.15) is 19.8 Å². The van der Waals surface area contributed by atoms with Crippen LogP contribution in [0.2, 0.25) is 0 Å². The Bertz CT molecular complexity index is 284. The predicted molar refractivity (Wildman–Crippen MR) is 49.5 cm³/mol. The van der Waals surface area contributed by atoms with Gasteiger partial charge in [-0.2, -0.15) is 0 Å². The minimum Gasteiger partial charge on any atom is -0.381 e. The van der Waals surface area contributed by atoms with E-state index in [1.165, 1.54) is 17.1 Å². The number of carbonyl (C=O) groups is 2. The Morgan fingerprint density at radius 1 is 1.21 bits per heavy atom. The van der Waals surface area contributed by atoms with Gasteiger partial charge in [-0.15, -0.1) is 0 Å². The minimum absolute atomic E-state index is 0.195. The molecule has 2 rings (SSSR count). The van der Waals surface area contributed by atoms with Crippen LogP contribution in [0.3, 0.4) is 0 Å². The fourth-order valence-electron chi connectivity index (χ4n) is 1.97. The number of hydrogen-bond acceptors (Lipinski definition) is 3. The molecular weight excluding hydrogens is 182 g/mol. The van der Waals surface area contributed by atoms with E-state index in [4.69, 9.17) is 4.74 Å². The van der Waals surface area contributed by atoms with Gasteiger partial charge in [-0.25, -0.2) is 0 Å². The van der Waals surface area contributed by atoms with Crippen LogP contribution in [-0.4, -0.2) is 35.5 Å². The third-order valence-electron chi connectivity index (χ3n) is 2.92. The van der Waals surface area contributed by atoms with Crippen LogP contribution in [0, 0.1) is 0 Å². The van der Waals surface area contributed by atoms with Crippen molar-refractivity contribution in [2.45, 2.75) is 25.3 Å². The summed E-state index contributed by atoms with van der Waals surface area (Å²) in [5, 5.41) is 0. The average molecular weight is 195 g/mol. The second kappa shape index (κ2) is 3.20. The first-order valence-electron chi connectivity index (χ1n) is 4.77. The lowest BCUT2D eigenvalue weighted by Crippen LogP contribution is -2.52. The van der Waals surface area contributed by atoms with E-state index in [-0.39, 0.29) is 17.4 Å². The molecule has 2 aliphatic heterocycles. The molecule has 0 bridgehead atoms. The summed E-state index contributed by atoms with van der Waals surface area (Å²) in [6.45, 7) is 3.18. The number of ether oxygens (including phenoxy) is 1. The fourth-order valence-corrected chi connectivity index (χ4v) is 1.97. The number of imide groups is 1. The van der Waals surface area contributed by atoms with Gasteiger partial charge in [0.05, 0.1) is 5.54 Å². The topological polar surface area (TPSA) is 46.6 Å². The molecular formula is C10H13NO3. The molecule has 2 amide bonds. The van der Waals surface area contributed by atoms with E-state index < -0.39 is 0 Å². The first kappa shape index (κ1) is 9.40. The van der Waals surface area contributed by atoms with Gasteiger partial charge in [0, 0.05) is 25.4 Å². The molecule has 4 nitrogen and oxygen atoms in total. The van der Waals surface area contributed by atoms with Gasteiger partial charge in [0.15, 0.2) is 0 Å². The zero-order valence-corrected chi connectivity index (χ0v) is 8.16. The van der Waals surface area contributed by atoms with Gasteiger partial charge in [0.25, 0.3) is 11.8 Å². The Morgan fingerprint density at radius 3 is 2.21 bits per heavy atom. The van der Waals surface area contributed by atoms with Crippen molar-refractivity contribution in [1.29, 1.82) is 0 Å². The number of amides is 2. The Hall–Kier alpha value is -1.16. The van der Waals surface area contributed by atoms with Gasteiger partial charge in [-0.3, -0.25) is 14.5 Å². The standard InChI is InChI=1S/C10H13NO3/c1-10(4-6-14-7-5-10)11-8(12)2-3-9(11)13/h2-3H,4-7H2,1H3. The SMILES string of the molecule is CC1(N2C(=O)C=CC2=O)CCOCC1. The molecule has 0 radical (unpaired) electrons. The third-order valence-corrected chi connectivity index (χ3v) is 2.92. The molecule has 76 valence electrons. The van der Waals surface area contributed by atoms with Gasteiger partial charge in [0.1, 0.15) is 0 Å². The van der Waals surface area contributed by atoms with E-state index in [9.17, 15) is 9.59 Å². The van der Waals surface area contributed by atoms with Gasteiger partial charge in [0.2, 0.25) is 0 Å². The first-order chi connectivity index (χ1) is 6.63. The maximum absolute atomic E-state index is 11.5. The zero-order chi connectivity index (χ0) is 10.2. The largest absolute Gasteiger partial charge is 0.381 e. The van der Waals surface area contributed by atoms with E-state index in [0.717, 1.165) is 12.8 Å². The van der Waals surface area contributed by atoms with Gasteiger partial charge < -0.3 is 4.74 Å². The molecule has 0 saturated carbocycles. The Labute approximate surface area is 82.5 Å². The lowest BCUT2D eigenvalue weighted by molar-refractivity contribution is -0.147. The van der Waals surface area contributed by atoms with Crippen LogP contribution >= 0.6 is 0 Å². The zero-order valence-electron chi connectivity index (χ0n) is 8.16. The molecule has 14 heavy (non-hydrogen) atoms. The molecule has 0 aromatic carbocycles. The molecule has 1 fully saturated rings. The molecule has 0 aromatic heterocycles. The van der Waals surface area contributed by atoms with Crippen LogP contribution in [-0.2, 0) is 14.3 Å². The molecule has 2 aliphatic rings. The van der Waals surface area contributed by atoms with Crippen LogP contribution in [0.25, 0.3) is 0 Å². The molecule has 0 spiro atoms. The second-order valence-electron chi connectivity index (χ2n) is 3.95. The van der Waals surface area contributed by atoms with E-state index >= 15 is 0 Å². The number of rotatable bonds is 1. The molecule has 2 heterocycles. The van der Waals surface area contributed by atoms with Crippen molar-refractivity contribution in [2.75, 3.05) is 13.2 Å². The summed E-state index contributed by atoms with van der Waals surface area (Å²) in [6, 6.07) is 0. The lowest BCUT2D eigenvalue weighted by Gasteiger charge is -2.40. The Balaban J connectivity index is 2.20. The maximum Gasteiger partial charge on any atom is 0.254 e. The molecule has 0 aliphatic carbocycles. The highest BCUT2D eigenvalue weighted by Crippen LogP contribution is 2.29. The quantitative estimate of drug-likeness (QED) is 0.572. The van der Waals surface area contributed by atoms with Crippen molar-refractivity contribution in [3.63, 3.8) is 0 Å². The summed E-state index contributed by atoms with van der Waals surface area (Å²) in [6.07, 6.45) is 4.13. The molecule has 0 N–H and O–H groups in total. The van der Waals surface area contributed by atoms with Crippen LogP contribution < -0.4 is 0 Å². The fraction of sp³-hybridized carbons (Fsp3) is 0.600. The molecule has 0 unspecified atom stereocenters. The summed E-state index contributed by atoms with van der Waals surface area (Å²) >= 11 is 0. The van der Waals surface area contributed by atoms with Crippen LogP contribution in [0.5, 0.6) is 0 Å². The van der Waals surface area contributed by atoms with E-state index in [0.29, 0.717) is 13.2 Å². The Kier molecular flexibility index (Phi) is 2.15. The summed E-state index contributed by atoms with van der Waals surface area (Å²) in [5.41, 5.74) is -0.351. The monoisotopic (exact) mass is 195 g/mol. The van der Waals surface area contributed by atoms with Gasteiger partial charge in [-0.1, -0.05) is 0 Å². The highest BCUT2D eigenvalue weighted by Gasteiger charge is 2.41. The van der Waals surface area contributed by atoms with Crippen LogP contribution in [0.4, 0.5) is 0 Å². The minimum atomic E-state index is -0.351. The molecule has 0 aromatic rings. The van der Waals surface area contributed by atoms with Crippen molar-refractivity contribution < 1.29 is 14.3 Å². The lowest BCUT2D eigenvalue weighted by atomic mass is 9.90. The van der Waals surface area contributed by atoms with Crippen molar-refractivity contribution in [3.8, 4) is 0 Å². The first-order valence-corrected chi connectivity index (χ1v) is 4.77. The number of hydrogen-bond donors (Lipinski definition) is 0. The summed E-state index contributed by atoms with van der Waals surface area (Å²) in [4.78, 5) is 24.3. The van der Waals surface area contributed by atoms with Gasteiger partial charge in [-0.05, 0) is 19.8 Å². The van der Waals surface area contributed by atoms with Crippen molar-refractivity contribution in [1.82, 2.24) is 4.90 Å². The molecule has 0 atom stereocenters. The summed E-state index contributed by atoms with van der Waals surface area (Å²) in [5.74, 6) is -0.390. The van der Waals surface area contributed by atoms with Crippen LogP contribution in [0.15, 0.2) is 12.2 Å². The average Bonchev–Trinajstić information content (AvgIpc) is 2.48. The van der Waals surface area contributed by atoms with Crippen molar-refractivity contribution in [2.24, 2.45) is 0 Å². The highest BCUT2D eigenvalue weighted by molar-refractivity contribution is 6.13. The highest BCUT2D eigenvalue weighted by atomic mass is 16.5. The number of nitrogens with zero attached hydrogens (tertiary/aromatic N) is 1. The molecule has 1 saturated heterocycles. The predicted octanol–water partition coefficient (Wildman–Crippen LogP) is 0.480. The Morgan fingerprint density at radius 2 is 1.71 bits per heavy atom. The normalized spacial score (nSPS) is 25.9. The van der Waals surface area contributed by atoms with Gasteiger partial charge >= 0.3 is 0 Å². The number of carbonyl (C=O) groups excluding carboxylic acids is 2. The molecule has 4 heteroatoms. The van der Waals surface area contributed by atoms with E-state index in [2.05, 4.69) is 0 Å². The maximum atomic E-state index is 11.5. The van der Waals surface area contributed by atoms with Crippen molar-refractivity contribution >= 4 is 11.8 Å². The van der Waals surface area contributed by atoms with E-state index in [1.54, 1.807) is 0 Å². The third kappa shape index (κ3) is 1.35. The van der Waals surface area contributed by atoms with E-state index in [1.807, 2.05) is 6.92 Å². The summed E-state index contributed by atoms with van der Waals surface area (Å²) in [7, 11) is 0. The second-order valence-corrected chi connectivity index (χ2v) is 3.95. The smallest absolute Gasteiger partial charge is 0.254 e.